The van der Waals surface area contributed by atoms with E-state index in [4.69, 9.17) is 4.74 Å². The van der Waals surface area contributed by atoms with Gasteiger partial charge in [0, 0.05) is 13.1 Å². The molecule has 0 radical (unpaired) electrons. The zero-order valence-electron chi connectivity index (χ0n) is 14.3. The van der Waals surface area contributed by atoms with Gasteiger partial charge < -0.3 is 14.7 Å². The van der Waals surface area contributed by atoms with Crippen LogP contribution in [0.4, 0.5) is 0 Å². The summed E-state index contributed by atoms with van der Waals surface area (Å²) in [4.78, 5) is 2.36. The number of hydrogen-bond acceptors (Lipinski definition) is 3. The number of β-amino-alcohol motifs (C(OH)–C–C–N with tert-alkyl or cyclic N) is 1. The summed E-state index contributed by atoms with van der Waals surface area (Å²) in [7, 11) is 0. The zero-order chi connectivity index (χ0) is 15.9. The number of para-hydroxylation sites is 1. The molecule has 0 saturated carbocycles. The van der Waals surface area contributed by atoms with Crippen LogP contribution in [0.25, 0.3) is 0 Å². The predicted molar refractivity (Wildman–Crippen MR) is 91.5 cm³/mol. The van der Waals surface area contributed by atoms with E-state index in [2.05, 4.69) is 37.8 Å². The van der Waals surface area contributed by atoms with Gasteiger partial charge in [0.05, 0.1) is 0 Å². The Kier molecular flexibility index (Phi) is 6.71. The summed E-state index contributed by atoms with van der Waals surface area (Å²) in [6.45, 7) is 9.98. The third-order valence-electron chi connectivity index (χ3n) is 4.70. The minimum absolute atomic E-state index is 0.373. The SMILES string of the molecule is CC[C@@H](C)c1ccccc1OC[C@H](O)CN1CCC[C@H](C)C1. The molecule has 22 heavy (non-hydrogen) atoms. The molecule has 1 fully saturated rings. The van der Waals surface area contributed by atoms with E-state index in [1.165, 1.54) is 18.4 Å². The number of aliphatic hydroxyl groups is 1. The minimum atomic E-state index is -0.421. The maximum absolute atomic E-state index is 10.3. The van der Waals surface area contributed by atoms with Gasteiger partial charge in [-0.25, -0.2) is 0 Å². The lowest BCUT2D eigenvalue weighted by Crippen LogP contribution is -2.41. The zero-order valence-corrected chi connectivity index (χ0v) is 14.3. The fourth-order valence-electron chi connectivity index (χ4n) is 3.23. The van der Waals surface area contributed by atoms with Gasteiger partial charge in [0.25, 0.3) is 0 Å². The summed E-state index contributed by atoms with van der Waals surface area (Å²) >= 11 is 0. The van der Waals surface area contributed by atoms with Gasteiger partial charge in [0.2, 0.25) is 0 Å². The highest BCUT2D eigenvalue weighted by Crippen LogP contribution is 2.28. The minimum Gasteiger partial charge on any atom is -0.491 e. The van der Waals surface area contributed by atoms with E-state index >= 15 is 0 Å². The van der Waals surface area contributed by atoms with Crippen LogP contribution in [0.1, 0.15) is 51.5 Å². The summed E-state index contributed by atoms with van der Waals surface area (Å²) in [5.41, 5.74) is 1.24. The van der Waals surface area contributed by atoms with Crippen LogP contribution in [0.2, 0.25) is 0 Å². The van der Waals surface area contributed by atoms with E-state index in [1.807, 2.05) is 12.1 Å². The number of likely N-dealkylation sites (tertiary alicyclic amines) is 1. The third kappa shape index (κ3) is 4.99. The van der Waals surface area contributed by atoms with Crippen molar-refractivity contribution in [2.24, 2.45) is 5.92 Å². The van der Waals surface area contributed by atoms with Crippen molar-refractivity contribution in [3.8, 4) is 5.75 Å². The highest BCUT2D eigenvalue weighted by molar-refractivity contribution is 5.35. The third-order valence-corrected chi connectivity index (χ3v) is 4.70. The Morgan fingerprint density at radius 2 is 2.14 bits per heavy atom. The summed E-state index contributed by atoms with van der Waals surface area (Å²) in [6.07, 6.45) is 3.22. The van der Waals surface area contributed by atoms with Crippen LogP contribution in [-0.4, -0.2) is 42.4 Å². The van der Waals surface area contributed by atoms with Gasteiger partial charge >= 0.3 is 0 Å². The number of nitrogens with zero attached hydrogens (tertiary/aromatic N) is 1. The molecule has 1 aromatic rings. The van der Waals surface area contributed by atoms with E-state index < -0.39 is 6.10 Å². The van der Waals surface area contributed by atoms with Crippen LogP contribution in [0.5, 0.6) is 5.75 Å². The fraction of sp³-hybridized carbons (Fsp3) is 0.684. The smallest absolute Gasteiger partial charge is 0.122 e. The van der Waals surface area contributed by atoms with Gasteiger partial charge in [0.15, 0.2) is 0 Å². The Bertz CT molecular complexity index is 449. The number of aliphatic hydroxyl groups excluding tert-OH is 1. The molecule has 1 aromatic carbocycles. The molecule has 1 aliphatic rings. The topological polar surface area (TPSA) is 32.7 Å². The Morgan fingerprint density at radius 3 is 2.86 bits per heavy atom. The fourth-order valence-corrected chi connectivity index (χ4v) is 3.23. The predicted octanol–water partition coefficient (Wildman–Crippen LogP) is 3.67. The molecule has 1 heterocycles. The first kappa shape index (κ1) is 17.3. The molecule has 124 valence electrons. The molecule has 0 bridgehead atoms. The van der Waals surface area contributed by atoms with E-state index in [9.17, 15) is 5.11 Å². The van der Waals surface area contributed by atoms with Crippen molar-refractivity contribution in [3.63, 3.8) is 0 Å². The van der Waals surface area contributed by atoms with Crippen molar-refractivity contribution < 1.29 is 9.84 Å². The van der Waals surface area contributed by atoms with Gasteiger partial charge in [-0.1, -0.05) is 39.0 Å². The molecule has 3 nitrogen and oxygen atoms in total. The van der Waals surface area contributed by atoms with E-state index in [0.29, 0.717) is 12.5 Å². The van der Waals surface area contributed by atoms with Crippen LogP contribution < -0.4 is 4.74 Å². The monoisotopic (exact) mass is 305 g/mol. The number of rotatable bonds is 7. The van der Waals surface area contributed by atoms with Gasteiger partial charge in [-0.05, 0) is 49.3 Å². The lowest BCUT2D eigenvalue weighted by Gasteiger charge is -2.32. The van der Waals surface area contributed by atoms with Crippen molar-refractivity contribution in [1.29, 1.82) is 0 Å². The van der Waals surface area contributed by atoms with Crippen LogP contribution in [-0.2, 0) is 0 Å². The second-order valence-electron chi connectivity index (χ2n) is 6.82. The van der Waals surface area contributed by atoms with Crippen molar-refractivity contribution >= 4 is 0 Å². The lowest BCUT2D eigenvalue weighted by atomic mass is 9.98. The molecule has 0 aromatic heterocycles. The summed E-state index contributed by atoms with van der Waals surface area (Å²) in [6, 6.07) is 8.19. The molecule has 1 N–H and O–H groups in total. The summed E-state index contributed by atoms with van der Waals surface area (Å²) < 4.78 is 5.91. The van der Waals surface area contributed by atoms with Crippen LogP contribution in [0.15, 0.2) is 24.3 Å². The molecular formula is C19H31NO2. The van der Waals surface area contributed by atoms with Crippen molar-refractivity contribution in [3.05, 3.63) is 29.8 Å². The Labute approximate surface area is 135 Å². The van der Waals surface area contributed by atoms with Crippen LogP contribution in [0.3, 0.4) is 0 Å². The van der Waals surface area contributed by atoms with E-state index in [-0.39, 0.29) is 0 Å². The Morgan fingerprint density at radius 1 is 1.36 bits per heavy atom. The Hall–Kier alpha value is -1.06. The van der Waals surface area contributed by atoms with Crippen molar-refractivity contribution in [2.45, 2.75) is 52.1 Å². The highest BCUT2D eigenvalue weighted by Gasteiger charge is 2.19. The Balaban J connectivity index is 1.84. The van der Waals surface area contributed by atoms with Gasteiger partial charge in [-0.15, -0.1) is 0 Å². The highest BCUT2D eigenvalue weighted by atomic mass is 16.5. The van der Waals surface area contributed by atoms with Gasteiger partial charge in [-0.3, -0.25) is 0 Å². The average Bonchev–Trinajstić information content (AvgIpc) is 2.52. The standard InChI is InChI=1S/C19H31NO2/c1-4-16(3)18-9-5-6-10-19(18)22-14-17(21)13-20-11-7-8-15(2)12-20/h5-6,9-10,15-17,21H,4,7-8,11-14H2,1-3H3/t15-,16+,17+/m0/s1. The average molecular weight is 305 g/mol. The normalized spacial score (nSPS) is 22.3. The number of piperidine rings is 1. The van der Waals surface area contributed by atoms with Crippen molar-refractivity contribution in [1.82, 2.24) is 4.90 Å². The number of hydrogen-bond donors (Lipinski definition) is 1. The van der Waals surface area contributed by atoms with Gasteiger partial charge in [-0.2, -0.15) is 0 Å². The number of ether oxygens (including phenoxy) is 1. The van der Waals surface area contributed by atoms with Gasteiger partial charge in [0.1, 0.15) is 18.5 Å². The first-order valence-electron chi connectivity index (χ1n) is 8.72. The molecule has 3 heteroatoms. The first-order valence-corrected chi connectivity index (χ1v) is 8.72. The maximum atomic E-state index is 10.3. The van der Waals surface area contributed by atoms with Crippen molar-refractivity contribution in [2.75, 3.05) is 26.2 Å². The quantitative estimate of drug-likeness (QED) is 0.834. The second kappa shape index (κ2) is 8.54. The molecule has 0 spiro atoms. The molecule has 0 aliphatic carbocycles. The van der Waals surface area contributed by atoms with E-state index in [0.717, 1.165) is 37.7 Å². The van der Waals surface area contributed by atoms with Crippen LogP contribution in [0, 0.1) is 5.92 Å². The molecule has 1 saturated heterocycles. The molecule has 0 unspecified atom stereocenters. The molecule has 1 aliphatic heterocycles. The van der Waals surface area contributed by atoms with Crippen LogP contribution >= 0.6 is 0 Å². The first-order chi connectivity index (χ1) is 10.6. The molecule has 3 atom stereocenters. The van der Waals surface area contributed by atoms with E-state index in [1.54, 1.807) is 0 Å². The lowest BCUT2D eigenvalue weighted by molar-refractivity contribution is 0.0534. The molecular weight excluding hydrogens is 274 g/mol. The summed E-state index contributed by atoms with van der Waals surface area (Å²) in [5.74, 6) is 2.15. The maximum Gasteiger partial charge on any atom is 0.122 e. The summed E-state index contributed by atoms with van der Waals surface area (Å²) in [5, 5.41) is 10.3. The number of benzene rings is 1. The molecule has 0 amide bonds. The second-order valence-corrected chi connectivity index (χ2v) is 6.82. The molecule has 2 rings (SSSR count). The largest absolute Gasteiger partial charge is 0.491 e.